The first-order valence-electron chi connectivity index (χ1n) is 5.24. The van der Waals surface area contributed by atoms with Crippen molar-refractivity contribution in [3.05, 3.63) is 14.0 Å². The van der Waals surface area contributed by atoms with Gasteiger partial charge in [0.1, 0.15) is 0 Å². The van der Waals surface area contributed by atoms with Crippen molar-refractivity contribution in [1.82, 2.24) is 9.80 Å². The van der Waals surface area contributed by atoms with E-state index < -0.39 is 0 Å². The smallest absolute Gasteiger partial charge is 0.458 e. The van der Waals surface area contributed by atoms with Gasteiger partial charge in [0.05, 0.1) is 0 Å². The van der Waals surface area contributed by atoms with Crippen LogP contribution in [0.25, 0.3) is 0 Å². The molecule has 0 saturated carbocycles. The summed E-state index contributed by atoms with van der Waals surface area (Å²) in [6.07, 6.45) is 2.80. The summed E-state index contributed by atoms with van der Waals surface area (Å²) >= 11 is 0. The number of hydrogen-bond donors (Lipinski definition) is 0. The van der Waals surface area contributed by atoms with Gasteiger partial charge in [0.25, 0.3) is 0 Å². The second-order valence-electron chi connectivity index (χ2n) is 3.99. The van der Waals surface area contributed by atoms with Crippen LogP contribution < -0.4 is 0 Å². The maximum Gasteiger partial charge on any atom is 2.00 e. The Kier molecular flexibility index (Phi) is 10.5. The summed E-state index contributed by atoms with van der Waals surface area (Å²) in [5.41, 5.74) is 0. The van der Waals surface area contributed by atoms with Crippen LogP contribution in [0, 0.1) is 19.9 Å². The van der Waals surface area contributed by atoms with Gasteiger partial charge in [0.2, 0.25) is 0 Å². The van der Waals surface area contributed by atoms with Crippen LogP contribution in [-0.2, 0) is 21.1 Å². The zero-order valence-corrected chi connectivity index (χ0v) is 12.3. The summed E-state index contributed by atoms with van der Waals surface area (Å²) in [6.45, 7) is 8.69. The van der Waals surface area contributed by atoms with Crippen LogP contribution in [0.4, 0.5) is 0 Å². The molecule has 2 rings (SSSR count). The average Bonchev–Trinajstić information content (AvgIpc) is 2.51. The molecule has 2 aliphatic rings. The number of fused-ring (bicyclic) bond motifs is 1. The standard InChI is InChI=1S/C9H17N2.C2H5.CH4.W/c1-10-6-8-4-3-5-11(2)9(8)7-10;1-2;;/h8-9H,1,3-7H2,2H3;1H2,2H3;1H4;/q2*-1;;+2. The van der Waals surface area contributed by atoms with Gasteiger partial charge in [-0.2, -0.15) is 6.92 Å². The van der Waals surface area contributed by atoms with E-state index in [1.807, 2.05) is 0 Å². The molecule has 0 aromatic heterocycles. The van der Waals surface area contributed by atoms with Crippen molar-refractivity contribution in [2.45, 2.75) is 33.2 Å². The molecule has 2 unspecified atom stereocenters. The molecule has 0 radical (unpaired) electrons. The molecule has 0 aromatic carbocycles. The van der Waals surface area contributed by atoms with Crippen molar-refractivity contribution in [2.24, 2.45) is 5.92 Å². The van der Waals surface area contributed by atoms with Crippen LogP contribution in [-0.4, -0.2) is 42.5 Å². The van der Waals surface area contributed by atoms with Gasteiger partial charge in [0, 0.05) is 6.04 Å². The molecular weight excluding hydrogens is 356 g/mol. The number of hydrogen-bond acceptors (Lipinski definition) is 2. The molecule has 0 amide bonds. The van der Waals surface area contributed by atoms with E-state index in [9.17, 15) is 0 Å². The minimum absolute atomic E-state index is 0. The van der Waals surface area contributed by atoms with Gasteiger partial charge in [-0.3, -0.25) is 7.05 Å². The SMILES string of the molecule is C.[CH2-]C.[CH2-]N1CC2CCCN(C)C2C1.[W+2]. The van der Waals surface area contributed by atoms with Gasteiger partial charge in [-0.15, -0.1) is 0 Å². The number of likely N-dealkylation sites (N-methyl/N-ethyl adjacent to an activating group) is 1. The summed E-state index contributed by atoms with van der Waals surface area (Å²) in [5, 5.41) is 0. The minimum atomic E-state index is 0. The first-order chi connectivity index (χ1) is 6.27. The molecular formula is C12H26N2W. The molecule has 15 heavy (non-hydrogen) atoms. The zero-order chi connectivity index (χ0) is 9.84. The average molecular weight is 382 g/mol. The second kappa shape index (κ2) is 8.73. The van der Waals surface area contributed by atoms with E-state index in [0.29, 0.717) is 0 Å². The van der Waals surface area contributed by atoms with Crippen LogP contribution in [0.15, 0.2) is 0 Å². The van der Waals surface area contributed by atoms with E-state index in [2.05, 4.69) is 30.8 Å². The maximum atomic E-state index is 4.00. The molecule has 2 aliphatic heterocycles. The molecule has 3 heteroatoms. The topological polar surface area (TPSA) is 6.48 Å². The third-order valence-electron chi connectivity index (χ3n) is 3.13. The van der Waals surface area contributed by atoms with Crippen LogP contribution in [0.3, 0.4) is 0 Å². The summed E-state index contributed by atoms with van der Waals surface area (Å²) in [6, 6.07) is 0.807. The van der Waals surface area contributed by atoms with Crippen LogP contribution in [0.5, 0.6) is 0 Å². The minimum Gasteiger partial charge on any atom is -0.458 e. The molecule has 2 atom stereocenters. The molecule has 0 spiro atoms. The van der Waals surface area contributed by atoms with Crippen molar-refractivity contribution in [2.75, 3.05) is 26.7 Å². The van der Waals surface area contributed by atoms with Gasteiger partial charge in [-0.25, -0.2) is 0 Å². The van der Waals surface area contributed by atoms with E-state index in [0.717, 1.165) is 12.0 Å². The molecule has 90 valence electrons. The maximum absolute atomic E-state index is 4.00. The largest absolute Gasteiger partial charge is 2.00 e. The van der Waals surface area contributed by atoms with Crippen molar-refractivity contribution in [1.29, 1.82) is 0 Å². The summed E-state index contributed by atoms with van der Waals surface area (Å²) < 4.78 is 0. The van der Waals surface area contributed by atoms with Gasteiger partial charge >= 0.3 is 21.1 Å². The Morgan fingerprint density at radius 3 is 2.33 bits per heavy atom. The predicted octanol–water partition coefficient (Wildman–Crippen LogP) is 2.28. The van der Waals surface area contributed by atoms with E-state index in [-0.39, 0.29) is 28.5 Å². The van der Waals surface area contributed by atoms with E-state index in [4.69, 9.17) is 0 Å². The number of piperidine rings is 1. The summed E-state index contributed by atoms with van der Waals surface area (Å²) in [7, 11) is 6.25. The zero-order valence-electron chi connectivity index (χ0n) is 9.41. The number of nitrogens with zero attached hydrogens (tertiary/aromatic N) is 2. The quantitative estimate of drug-likeness (QED) is 0.594. The van der Waals surface area contributed by atoms with Crippen molar-refractivity contribution < 1.29 is 21.1 Å². The Hall–Kier alpha value is 0.608. The van der Waals surface area contributed by atoms with Gasteiger partial charge in [0.15, 0.2) is 0 Å². The second-order valence-corrected chi connectivity index (χ2v) is 3.99. The van der Waals surface area contributed by atoms with E-state index >= 15 is 0 Å². The van der Waals surface area contributed by atoms with Crippen molar-refractivity contribution in [3.8, 4) is 0 Å². The molecule has 2 nitrogen and oxygen atoms in total. The third-order valence-corrected chi connectivity index (χ3v) is 3.13. The van der Waals surface area contributed by atoms with Gasteiger partial charge in [-0.1, -0.05) is 7.43 Å². The monoisotopic (exact) mass is 382 g/mol. The molecule has 0 bridgehead atoms. The number of likely N-dealkylation sites (tertiary alicyclic amines) is 2. The Bertz CT molecular complexity index is 153. The normalized spacial score (nSPS) is 30.4. The van der Waals surface area contributed by atoms with Crippen LogP contribution in [0.2, 0.25) is 0 Å². The molecule has 0 aromatic rings. The Balaban J connectivity index is 0. The number of rotatable bonds is 0. The summed E-state index contributed by atoms with van der Waals surface area (Å²) in [4.78, 5) is 4.72. The van der Waals surface area contributed by atoms with Gasteiger partial charge in [-0.05, 0) is 45.4 Å². The van der Waals surface area contributed by atoms with Crippen molar-refractivity contribution in [3.63, 3.8) is 0 Å². The third kappa shape index (κ3) is 4.54. The molecule has 0 N–H and O–H groups in total. The Labute approximate surface area is 111 Å². The Morgan fingerprint density at radius 1 is 1.20 bits per heavy atom. The van der Waals surface area contributed by atoms with E-state index in [1.165, 1.54) is 32.5 Å². The fraction of sp³-hybridized carbons (Fsp3) is 0.833. The molecule has 0 aliphatic carbocycles. The van der Waals surface area contributed by atoms with Crippen molar-refractivity contribution >= 4 is 0 Å². The predicted molar refractivity (Wildman–Crippen MR) is 63.8 cm³/mol. The van der Waals surface area contributed by atoms with Crippen LogP contribution in [0.1, 0.15) is 27.2 Å². The molecule has 2 fully saturated rings. The Morgan fingerprint density at radius 2 is 1.80 bits per heavy atom. The van der Waals surface area contributed by atoms with Gasteiger partial charge < -0.3 is 16.7 Å². The fourth-order valence-corrected chi connectivity index (χ4v) is 2.49. The first kappa shape index (κ1) is 18.0. The summed E-state index contributed by atoms with van der Waals surface area (Å²) in [5.74, 6) is 0.909. The molecule has 2 heterocycles. The fourth-order valence-electron chi connectivity index (χ4n) is 2.49. The van der Waals surface area contributed by atoms with Crippen LogP contribution >= 0.6 is 0 Å². The molecule has 2 saturated heterocycles. The first-order valence-corrected chi connectivity index (χ1v) is 5.24. The van der Waals surface area contributed by atoms with E-state index in [1.54, 1.807) is 6.92 Å².